The second kappa shape index (κ2) is 6.63. The first kappa shape index (κ1) is 13.2. The van der Waals surface area contributed by atoms with Crippen LogP contribution in [0.25, 0.3) is 0 Å². The predicted octanol–water partition coefficient (Wildman–Crippen LogP) is 0.544. The third-order valence-electron chi connectivity index (χ3n) is 2.89. The molecule has 1 aromatic rings. The third-order valence-corrected chi connectivity index (χ3v) is 2.89. The van der Waals surface area contributed by atoms with Gasteiger partial charge >= 0.3 is 11.8 Å². The number of likely N-dealkylation sites (tertiary alicyclic amines) is 1. The lowest BCUT2D eigenvalue weighted by atomic mass is 10.1. The molecule has 1 fully saturated rings. The summed E-state index contributed by atoms with van der Waals surface area (Å²) in [5.74, 6) is -1.22. The van der Waals surface area contributed by atoms with Crippen molar-refractivity contribution in [3.8, 4) is 0 Å². The monoisotopic (exact) mass is 260 g/mol. The smallest absolute Gasteiger partial charge is 0.329 e. The van der Waals surface area contributed by atoms with E-state index < -0.39 is 11.8 Å². The molecule has 0 aromatic carbocycles. The van der Waals surface area contributed by atoms with E-state index in [4.69, 9.17) is 0 Å². The lowest BCUT2D eigenvalue weighted by Crippen LogP contribution is -2.43. The number of hydrogen-bond acceptors (Lipinski definition) is 4. The minimum Gasteiger partial charge on any atom is -0.334 e. The van der Waals surface area contributed by atoms with Gasteiger partial charge < -0.3 is 4.90 Å². The normalized spacial score (nSPS) is 15.5. The van der Waals surface area contributed by atoms with Crippen LogP contribution in [0.3, 0.4) is 0 Å². The number of pyridine rings is 1. The highest BCUT2D eigenvalue weighted by molar-refractivity contribution is 6.35. The van der Waals surface area contributed by atoms with E-state index in [2.05, 4.69) is 15.5 Å². The van der Waals surface area contributed by atoms with Crippen molar-refractivity contribution in [2.45, 2.75) is 19.3 Å². The predicted molar refractivity (Wildman–Crippen MR) is 70.4 cm³/mol. The largest absolute Gasteiger partial charge is 0.334 e. The first-order valence-electron chi connectivity index (χ1n) is 6.31. The van der Waals surface area contributed by atoms with E-state index in [1.54, 1.807) is 23.2 Å². The fourth-order valence-electron chi connectivity index (χ4n) is 1.90. The van der Waals surface area contributed by atoms with Crippen LogP contribution < -0.4 is 5.43 Å². The SMILES string of the molecule is O=C(N/N=C\c1ccccn1)C(=O)N1CCCCC1. The van der Waals surface area contributed by atoms with Gasteiger partial charge in [0.15, 0.2) is 0 Å². The second-order valence-corrected chi connectivity index (χ2v) is 4.31. The Labute approximate surface area is 111 Å². The van der Waals surface area contributed by atoms with Crippen LogP contribution in [0.5, 0.6) is 0 Å². The molecule has 0 atom stereocenters. The summed E-state index contributed by atoms with van der Waals surface area (Å²) >= 11 is 0. The van der Waals surface area contributed by atoms with Crippen LogP contribution in [0.1, 0.15) is 25.0 Å². The molecule has 1 aromatic heterocycles. The van der Waals surface area contributed by atoms with Gasteiger partial charge in [0.1, 0.15) is 0 Å². The number of hydrazone groups is 1. The van der Waals surface area contributed by atoms with Gasteiger partial charge in [0.25, 0.3) is 0 Å². The maximum absolute atomic E-state index is 11.8. The molecule has 19 heavy (non-hydrogen) atoms. The molecule has 0 bridgehead atoms. The lowest BCUT2D eigenvalue weighted by Gasteiger charge is -2.25. The van der Waals surface area contributed by atoms with Crippen LogP contribution in [0.15, 0.2) is 29.5 Å². The molecule has 2 heterocycles. The summed E-state index contributed by atoms with van der Waals surface area (Å²) in [6.45, 7) is 1.30. The highest BCUT2D eigenvalue weighted by Crippen LogP contribution is 2.08. The van der Waals surface area contributed by atoms with Crippen LogP contribution in [-0.2, 0) is 9.59 Å². The molecular formula is C13H16N4O2. The molecule has 0 spiro atoms. The Morgan fingerprint density at radius 1 is 1.26 bits per heavy atom. The topological polar surface area (TPSA) is 74.7 Å². The molecule has 1 aliphatic rings. The summed E-state index contributed by atoms with van der Waals surface area (Å²) < 4.78 is 0. The maximum atomic E-state index is 11.8. The number of piperidine rings is 1. The van der Waals surface area contributed by atoms with Gasteiger partial charge in [0, 0.05) is 19.3 Å². The molecule has 0 unspecified atom stereocenters. The van der Waals surface area contributed by atoms with Crippen molar-refractivity contribution < 1.29 is 9.59 Å². The minimum atomic E-state index is -0.700. The van der Waals surface area contributed by atoms with Crippen LogP contribution in [-0.4, -0.2) is 41.0 Å². The summed E-state index contributed by atoms with van der Waals surface area (Å²) in [4.78, 5) is 28.9. The number of amides is 2. The average molecular weight is 260 g/mol. The standard InChI is InChI=1S/C13H16N4O2/c18-12(13(19)17-8-4-1-5-9-17)16-15-10-11-6-2-3-7-14-11/h2-3,6-7,10H,1,4-5,8-9H2,(H,16,18)/b15-10-. The molecule has 1 saturated heterocycles. The molecule has 0 radical (unpaired) electrons. The zero-order chi connectivity index (χ0) is 13.5. The molecule has 2 rings (SSSR count). The van der Waals surface area contributed by atoms with E-state index in [9.17, 15) is 9.59 Å². The fraction of sp³-hybridized carbons (Fsp3) is 0.385. The van der Waals surface area contributed by atoms with E-state index in [0.29, 0.717) is 18.8 Å². The van der Waals surface area contributed by atoms with Crippen LogP contribution in [0, 0.1) is 0 Å². The minimum absolute atomic E-state index is 0.516. The summed E-state index contributed by atoms with van der Waals surface area (Å²) in [5.41, 5.74) is 2.85. The quantitative estimate of drug-likeness (QED) is 0.479. The zero-order valence-corrected chi connectivity index (χ0v) is 10.6. The van der Waals surface area contributed by atoms with Crippen molar-refractivity contribution in [2.75, 3.05) is 13.1 Å². The Morgan fingerprint density at radius 3 is 2.74 bits per heavy atom. The van der Waals surface area contributed by atoms with Crippen molar-refractivity contribution in [3.63, 3.8) is 0 Å². The van der Waals surface area contributed by atoms with E-state index in [1.165, 1.54) is 6.21 Å². The van der Waals surface area contributed by atoms with Crippen LogP contribution >= 0.6 is 0 Å². The fourth-order valence-corrected chi connectivity index (χ4v) is 1.90. The summed E-state index contributed by atoms with van der Waals surface area (Å²) in [6, 6.07) is 5.35. The van der Waals surface area contributed by atoms with Crippen LogP contribution in [0.4, 0.5) is 0 Å². The van der Waals surface area contributed by atoms with Crippen molar-refractivity contribution in [2.24, 2.45) is 5.10 Å². The summed E-state index contributed by atoms with van der Waals surface area (Å²) in [6.07, 6.45) is 6.05. The summed E-state index contributed by atoms with van der Waals surface area (Å²) in [5, 5.41) is 3.72. The van der Waals surface area contributed by atoms with Gasteiger partial charge in [-0.1, -0.05) is 6.07 Å². The van der Waals surface area contributed by atoms with Crippen molar-refractivity contribution in [1.82, 2.24) is 15.3 Å². The number of carbonyl (C=O) groups is 2. The number of carbonyl (C=O) groups excluding carboxylic acids is 2. The molecular weight excluding hydrogens is 244 g/mol. The number of rotatable bonds is 2. The van der Waals surface area contributed by atoms with Gasteiger partial charge in [0.05, 0.1) is 11.9 Å². The lowest BCUT2D eigenvalue weighted by molar-refractivity contribution is -0.146. The van der Waals surface area contributed by atoms with Crippen molar-refractivity contribution >= 4 is 18.0 Å². The molecule has 6 heteroatoms. The van der Waals surface area contributed by atoms with Crippen molar-refractivity contribution in [3.05, 3.63) is 30.1 Å². The van der Waals surface area contributed by atoms with Gasteiger partial charge in [-0.2, -0.15) is 5.10 Å². The number of nitrogens with one attached hydrogen (secondary N) is 1. The molecule has 100 valence electrons. The van der Waals surface area contributed by atoms with E-state index in [1.807, 2.05) is 6.07 Å². The van der Waals surface area contributed by atoms with E-state index in [0.717, 1.165) is 19.3 Å². The number of aromatic nitrogens is 1. The Hall–Kier alpha value is -2.24. The Bertz CT molecular complexity index is 467. The average Bonchev–Trinajstić information content (AvgIpc) is 2.48. The van der Waals surface area contributed by atoms with Crippen molar-refractivity contribution in [1.29, 1.82) is 0 Å². The van der Waals surface area contributed by atoms with E-state index in [-0.39, 0.29) is 0 Å². The number of nitrogens with zero attached hydrogens (tertiary/aromatic N) is 3. The third kappa shape index (κ3) is 3.87. The second-order valence-electron chi connectivity index (χ2n) is 4.31. The number of hydrogen-bond donors (Lipinski definition) is 1. The Balaban J connectivity index is 1.83. The highest BCUT2D eigenvalue weighted by Gasteiger charge is 2.22. The molecule has 0 aliphatic carbocycles. The van der Waals surface area contributed by atoms with E-state index >= 15 is 0 Å². The Kier molecular flexibility index (Phi) is 4.60. The van der Waals surface area contributed by atoms with Gasteiger partial charge in [-0.05, 0) is 31.4 Å². The van der Waals surface area contributed by atoms with Gasteiger partial charge in [-0.25, -0.2) is 5.43 Å². The van der Waals surface area contributed by atoms with Gasteiger partial charge in [-0.3, -0.25) is 14.6 Å². The first-order valence-corrected chi connectivity index (χ1v) is 6.31. The molecule has 0 saturated carbocycles. The first-order chi connectivity index (χ1) is 9.27. The zero-order valence-electron chi connectivity index (χ0n) is 10.6. The molecule has 2 amide bonds. The maximum Gasteiger partial charge on any atom is 0.329 e. The molecule has 1 N–H and O–H groups in total. The summed E-state index contributed by atoms with van der Waals surface area (Å²) in [7, 11) is 0. The Morgan fingerprint density at radius 2 is 2.05 bits per heavy atom. The van der Waals surface area contributed by atoms with Gasteiger partial charge in [-0.15, -0.1) is 0 Å². The highest BCUT2D eigenvalue weighted by atomic mass is 16.2. The van der Waals surface area contributed by atoms with Gasteiger partial charge in [0.2, 0.25) is 0 Å². The van der Waals surface area contributed by atoms with Crippen LogP contribution in [0.2, 0.25) is 0 Å². The molecule has 6 nitrogen and oxygen atoms in total. The molecule has 1 aliphatic heterocycles.